The minimum Gasteiger partial charge on any atom is -0.324 e. The number of likely N-dealkylation sites (tertiary alicyclic amines) is 1. The topological polar surface area (TPSA) is 52.7 Å². The molecule has 2 fully saturated rings. The molecule has 0 bridgehead atoms. The second-order valence-corrected chi connectivity index (χ2v) is 9.43. The largest absolute Gasteiger partial charge is 0.324 e. The summed E-state index contributed by atoms with van der Waals surface area (Å²) in [5.41, 5.74) is 3.50. The molecular weight excluding hydrogens is 401 g/mol. The van der Waals surface area contributed by atoms with Gasteiger partial charge < -0.3 is 15.1 Å². The highest BCUT2D eigenvalue weighted by atomic mass is 32.2. The first-order valence-corrected chi connectivity index (χ1v) is 11.2. The third-order valence-corrected chi connectivity index (χ3v) is 7.64. The summed E-state index contributed by atoms with van der Waals surface area (Å²) in [7, 11) is 0. The van der Waals surface area contributed by atoms with E-state index in [1.165, 1.54) is 17.7 Å². The molecule has 1 N–H and O–H groups in total. The summed E-state index contributed by atoms with van der Waals surface area (Å²) in [5.74, 6) is 0.322. The lowest BCUT2D eigenvalue weighted by molar-refractivity contribution is 0.0585. The van der Waals surface area contributed by atoms with E-state index in [0.717, 1.165) is 17.0 Å². The van der Waals surface area contributed by atoms with Gasteiger partial charge in [-0.3, -0.25) is 4.79 Å². The quantitative estimate of drug-likeness (QED) is 0.759. The number of nitrogens with one attached hydrogen (secondary N) is 1. The van der Waals surface area contributed by atoms with Gasteiger partial charge in [0.2, 0.25) is 0 Å². The van der Waals surface area contributed by atoms with Gasteiger partial charge in [0.25, 0.3) is 5.91 Å². The molecule has 3 amide bonds. The Morgan fingerprint density at radius 1 is 1.03 bits per heavy atom. The second kappa shape index (κ2) is 8.30. The number of carbonyl (C=O) groups excluding carboxylic acids is 2. The number of amides is 3. The molecule has 4 rings (SSSR count). The molecule has 158 valence electrons. The maximum absolute atomic E-state index is 13.6. The summed E-state index contributed by atoms with van der Waals surface area (Å²) in [5, 5.41) is 2.98. The van der Waals surface area contributed by atoms with Crippen molar-refractivity contribution >= 4 is 29.4 Å². The highest BCUT2D eigenvalue weighted by Crippen LogP contribution is 2.44. The van der Waals surface area contributed by atoms with E-state index in [1.54, 1.807) is 23.9 Å². The fourth-order valence-corrected chi connectivity index (χ4v) is 5.62. The van der Waals surface area contributed by atoms with Crippen molar-refractivity contribution < 1.29 is 14.0 Å². The van der Waals surface area contributed by atoms with Crippen molar-refractivity contribution in [3.8, 4) is 0 Å². The van der Waals surface area contributed by atoms with Crippen LogP contribution < -0.4 is 5.32 Å². The first-order chi connectivity index (χ1) is 14.4. The summed E-state index contributed by atoms with van der Waals surface area (Å²) < 4.78 is 13.6. The minimum atomic E-state index is -0.403. The number of halogens is 1. The lowest BCUT2D eigenvalue weighted by Crippen LogP contribution is -2.54. The Bertz CT molecular complexity index is 973. The number of carbonyl (C=O) groups is 2. The lowest BCUT2D eigenvalue weighted by Gasteiger charge is -2.44. The van der Waals surface area contributed by atoms with E-state index in [2.05, 4.69) is 5.32 Å². The molecule has 0 radical (unpaired) electrons. The van der Waals surface area contributed by atoms with Crippen LogP contribution in [-0.4, -0.2) is 52.0 Å². The van der Waals surface area contributed by atoms with Gasteiger partial charge in [0.15, 0.2) is 0 Å². The van der Waals surface area contributed by atoms with Crippen molar-refractivity contribution in [2.75, 3.05) is 30.7 Å². The molecule has 0 unspecified atom stereocenters. The van der Waals surface area contributed by atoms with Crippen molar-refractivity contribution in [1.82, 2.24) is 9.80 Å². The van der Waals surface area contributed by atoms with E-state index in [9.17, 15) is 14.0 Å². The molecule has 1 spiro atoms. The van der Waals surface area contributed by atoms with Crippen LogP contribution in [0.25, 0.3) is 0 Å². The van der Waals surface area contributed by atoms with Gasteiger partial charge in [0.1, 0.15) is 5.82 Å². The number of hydrogen-bond acceptors (Lipinski definition) is 3. The van der Waals surface area contributed by atoms with E-state index >= 15 is 0 Å². The monoisotopic (exact) mass is 427 g/mol. The van der Waals surface area contributed by atoms with E-state index in [-0.39, 0.29) is 16.8 Å². The summed E-state index contributed by atoms with van der Waals surface area (Å²) >= 11 is 1.78. The highest BCUT2D eigenvalue weighted by Gasteiger charge is 2.47. The zero-order chi connectivity index (χ0) is 21.3. The SMILES string of the molecule is Cc1ccc(NC(=O)N2CCC3(CC2)SCCN3C(=O)c2cccc(F)c2)cc1C. The average molecular weight is 428 g/mol. The molecule has 2 aromatic carbocycles. The van der Waals surface area contributed by atoms with Crippen LogP contribution in [0, 0.1) is 19.7 Å². The highest BCUT2D eigenvalue weighted by molar-refractivity contribution is 8.00. The molecular formula is C23H26FN3O2S. The summed E-state index contributed by atoms with van der Waals surface area (Å²) in [4.78, 5) is 29.1. The Hall–Kier alpha value is -2.54. The number of benzene rings is 2. The van der Waals surface area contributed by atoms with E-state index in [1.807, 2.05) is 41.8 Å². The first-order valence-electron chi connectivity index (χ1n) is 10.2. The van der Waals surface area contributed by atoms with Gasteiger partial charge in [-0.25, -0.2) is 9.18 Å². The normalized spacial score (nSPS) is 18.0. The third kappa shape index (κ3) is 4.03. The first kappa shape index (κ1) is 20.7. The summed E-state index contributed by atoms with van der Waals surface area (Å²) in [6.07, 6.45) is 1.41. The predicted octanol–water partition coefficient (Wildman–Crippen LogP) is 4.66. The standard InChI is InChI=1S/C23H26FN3O2S/c1-16-6-7-20(14-17(16)2)25-22(29)26-10-8-23(9-11-26)27(12-13-30-23)21(28)18-4-3-5-19(24)15-18/h3-7,14-15H,8-13H2,1-2H3,(H,25,29). The molecule has 2 aliphatic heterocycles. The minimum absolute atomic E-state index is 0.112. The van der Waals surface area contributed by atoms with Crippen molar-refractivity contribution in [3.05, 3.63) is 65.0 Å². The van der Waals surface area contributed by atoms with Gasteiger partial charge in [0.05, 0.1) is 4.87 Å². The van der Waals surface area contributed by atoms with Crippen LogP contribution in [0.3, 0.4) is 0 Å². The molecule has 0 aliphatic carbocycles. The van der Waals surface area contributed by atoms with Crippen molar-refractivity contribution in [2.45, 2.75) is 31.6 Å². The Morgan fingerprint density at radius 3 is 2.50 bits per heavy atom. The summed E-state index contributed by atoms with van der Waals surface area (Å²) in [6, 6.07) is 11.7. The Labute approximate surface area is 180 Å². The number of urea groups is 1. The van der Waals surface area contributed by atoms with Crippen LogP contribution in [0.1, 0.15) is 34.3 Å². The molecule has 2 heterocycles. The smallest absolute Gasteiger partial charge is 0.321 e. The molecule has 2 aliphatic rings. The fraction of sp³-hybridized carbons (Fsp3) is 0.391. The summed E-state index contributed by atoms with van der Waals surface area (Å²) in [6.45, 7) is 5.88. The molecule has 30 heavy (non-hydrogen) atoms. The van der Waals surface area contributed by atoms with Gasteiger partial charge in [-0.1, -0.05) is 12.1 Å². The predicted molar refractivity (Wildman–Crippen MR) is 118 cm³/mol. The zero-order valence-electron chi connectivity index (χ0n) is 17.3. The van der Waals surface area contributed by atoms with Gasteiger partial charge in [-0.05, 0) is 68.1 Å². The van der Waals surface area contributed by atoms with Gasteiger partial charge in [0, 0.05) is 36.6 Å². The Kier molecular flexibility index (Phi) is 5.73. The van der Waals surface area contributed by atoms with E-state index < -0.39 is 5.82 Å². The van der Waals surface area contributed by atoms with Crippen LogP contribution in [0.4, 0.5) is 14.9 Å². The number of anilines is 1. The lowest BCUT2D eigenvalue weighted by atomic mass is 10.0. The third-order valence-electron chi connectivity index (χ3n) is 6.08. The Balaban J connectivity index is 1.41. The average Bonchev–Trinajstić information content (AvgIpc) is 3.13. The molecule has 2 saturated heterocycles. The number of aryl methyl sites for hydroxylation is 2. The van der Waals surface area contributed by atoms with Crippen LogP contribution in [0.2, 0.25) is 0 Å². The number of hydrogen-bond donors (Lipinski definition) is 1. The maximum Gasteiger partial charge on any atom is 0.321 e. The van der Waals surface area contributed by atoms with Gasteiger partial charge in [-0.15, -0.1) is 11.8 Å². The zero-order valence-corrected chi connectivity index (χ0v) is 18.1. The molecule has 0 atom stereocenters. The van der Waals surface area contributed by atoms with Crippen LogP contribution >= 0.6 is 11.8 Å². The van der Waals surface area contributed by atoms with Crippen LogP contribution in [-0.2, 0) is 0 Å². The molecule has 2 aromatic rings. The van der Waals surface area contributed by atoms with Gasteiger partial charge >= 0.3 is 6.03 Å². The molecule has 0 aromatic heterocycles. The van der Waals surface area contributed by atoms with Crippen molar-refractivity contribution in [2.24, 2.45) is 0 Å². The number of piperidine rings is 1. The Morgan fingerprint density at radius 2 is 1.80 bits per heavy atom. The second-order valence-electron chi connectivity index (χ2n) is 7.98. The number of rotatable bonds is 2. The molecule has 0 saturated carbocycles. The fourth-order valence-electron chi connectivity index (χ4n) is 4.17. The number of thioether (sulfide) groups is 1. The van der Waals surface area contributed by atoms with Gasteiger partial charge in [-0.2, -0.15) is 0 Å². The molecule has 5 nitrogen and oxygen atoms in total. The van der Waals surface area contributed by atoms with Crippen molar-refractivity contribution in [3.63, 3.8) is 0 Å². The van der Waals surface area contributed by atoms with Crippen molar-refractivity contribution in [1.29, 1.82) is 0 Å². The van der Waals surface area contributed by atoms with Crippen LogP contribution in [0.15, 0.2) is 42.5 Å². The van der Waals surface area contributed by atoms with E-state index in [4.69, 9.17) is 0 Å². The van der Waals surface area contributed by atoms with Crippen LogP contribution in [0.5, 0.6) is 0 Å². The maximum atomic E-state index is 13.6. The molecule has 7 heteroatoms. The number of nitrogens with zero attached hydrogens (tertiary/aromatic N) is 2. The van der Waals surface area contributed by atoms with E-state index in [0.29, 0.717) is 38.0 Å².